The van der Waals surface area contributed by atoms with E-state index in [4.69, 9.17) is 0 Å². The molecule has 1 aliphatic rings. The molecule has 0 spiro atoms. The highest BCUT2D eigenvalue weighted by Gasteiger charge is 2.16. The fourth-order valence-electron chi connectivity index (χ4n) is 2.01. The van der Waals surface area contributed by atoms with Crippen molar-refractivity contribution in [1.29, 1.82) is 0 Å². The number of piperazine rings is 1. The molecule has 1 saturated heterocycles. The Morgan fingerprint density at radius 2 is 1.69 bits per heavy atom. The van der Waals surface area contributed by atoms with Gasteiger partial charge in [-0.2, -0.15) is 0 Å². The standard InChI is InChI=1S/C12H17BrN2O/c13-5-6-14-7-9-15(10-8-14)11-1-3-12(16)4-2-11/h1-4,16H,5-10H2. The Morgan fingerprint density at radius 3 is 2.25 bits per heavy atom. The average molecular weight is 285 g/mol. The maximum Gasteiger partial charge on any atom is 0.115 e. The summed E-state index contributed by atoms with van der Waals surface area (Å²) in [7, 11) is 0. The molecular weight excluding hydrogens is 268 g/mol. The van der Waals surface area contributed by atoms with Crippen LogP contribution < -0.4 is 4.90 Å². The molecule has 0 unspecified atom stereocenters. The molecule has 1 aliphatic heterocycles. The summed E-state index contributed by atoms with van der Waals surface area (Å²) in [6, 6.07) is 7.46. The lowest BCUT2D eigenvalue weighted by atomic mass is 10.2. The molecule has 0 amide bonds. The summed E-state index contributed by atoms with van der Waals surface area (Å²) in [5.41, 5.74) is 1.20. The van der Waals surface area contributed by atoms with Crippen LogP contribution in [0.25, 0.3) is 0 Å². The molecule has 1 heterocycles. The van der Waals surface area contributed by atoms with Gasteiger partial charge in [-0.15, -0.1) is 0 Å². The third-order valence-electron chi connectivity index (χ3n) is 2.99. The topological polar surface area (TPSA) is 26.7 Å². The molecule has 1 N–H and O–H groups in total. The van der Waals surface area contributed by atoms with Gasteiger partial charge in [-0.3, -0.25) is 4.90 Å². The van der Waals surface area contributed by atoms with Crippen LogP contribution in [0.1, 0.15) is 0 Å². The summed E-state index contributed by atoms with van der Waals surface area (Å²) in [6.45, 7) is 5.50. The van der Waals surface area contributed by atoms with Crippen LogP contribution in [-0.2, 0) is 0 Å². The first kappa shape index (κ1) is 11.7. The van der Waals surface area contributed by atoms with Gasteiger partial charge in [0.05, 0.1) is 0 Å². The molecule has 0 aliphatic carbocycles. The van der Waals surface area contributed by atoms with Gasteiger partial charge in [-0.1, -0.05) is 15.9 Å². The summed E-state index contributed by atoms with van der Waals surface area (Å²) in [4.78, 5) is 4.83. The van der Waals surface area contributed by atoms with Crippen LogP contribution in [0.2, 0.25) is 0 Å². The largest absolute Gasteiger partial charge is 0.508 e. The van der Waals surface area contributed by atoms with E-state index in [9.17, 15) is 5.11 Å². The molecule has 88 valence electrons. The van der Waals surface area contributed by atoms with Crippen molar-refractivity contribution in [2.24, 2.45) is 0 Å². The lowest BCUT2D eigenvalue weighted by Crippen LogP contribution is -2.46. The maximum atomic E-state index is 9.24. The van der Waals surface area contributed by atoms with E-state index in [2.05, 4.69) is 25.7 Å². The second-order valence-electron chi connectivity index (χ2n) is 4.03. The van der Waals surface area contributed by atoms with Gasteiger partial charge in [0.15, 0.2) is 0 Å². The zero-order valence-electron chi connectivity index (χ0n) is 9.27. The number of hydrogen-bond acceptors (Lipinski definition) is 3. The van der Waals surface area contributed by atoms with Crippen LogP contribution in [0.3, 0.4) is 0 Å². The monoisotopic (exact) mass is 284 g/mol. The SMILES string of the molecule is Oc1ccc(N2CCN(CCBr)CC2)cc1. The number of phenolic OH excluding ortho intramolecular Hbond substituents is 1. The molecule has 0 bridgehead atoms. The van der Waals surface area contributed by atoms with E-state index in [1.165, 1.54) is 5.69 Å². The normalized spacial score (nSPS) is 17.7. The van der Waals surface area contributed by atoms with Crippen LogP contribution in [0.4, 0.5) is 5.69 Å². The van der Waals surface area contributed by atoms with Crippen molar-refractivity contribution in [2.45, 2.75) is 0 Å². The quantitative estimate of drug-likeness (QED) is 0.859. The second kappa shape index (κ2) is 5.55. The summed E-state index contributed by atoms with van der Waals surface area (Å²) in [5.74, 6) is 0.335. The highest BCUT2D eigenvalue weighted by Crippen LogP contribution is 2.19. The molecule has 0 atom stereocenters. The number of aromatic hydroxyl groups is 1. The molecule has 1 fully saturated rings. The molecule has 3 nitrogen and oxygen atoms in total. The average Bonchev–Trinajstić information content (AvgIpc) is 2.32. The van der Waals surface area contributed by atoms with Gasteiger partial charge in [0.1, 0.15) is 5.75 Å². The number of rotatable bonds is 3. The molecule has 0 saturated carbocycles. The second-order valence-corrected chi connectivity index (χ2v) is 4.83. The van der Waals surface area contributed by atoms with Crippen LogP contribution in [-0.4, -0.2) is 48.1 Å². The summed E-state index contributed by atoms with van der Waals surface area (Å²) in [6.07, 6.45) is 0. The van der Waals surface area contributed by atoms with E-state index < -0.39 is 0 Å². The van der Waals surface area contributed by atoms with Gasteiger partial charge in [0.25, 0.3) is 0 Å². The minimum atomic E-state index is 0.335. The van der Waals surface area contributed by atoms with Crippen molar-refractivity contribution in [2.75, 3.05) is 43.0 Å². The molecule has 4 heteroatoms. The number of benzene rings is 1. The number of anilines is 1. The Balaban J connectivity index is 1.91. The fourth-order valence-corrected chi connectivity index (χ4v) is 2.51. The minimum absolute atomic E-state index is 0.335. The van der Waals surface area contributed by atoms with Gasteiger partial charge in [0, 0.05) is 43.7 Å². The van der Waals surface area contributed by atoms with Gasteiger partial charge in [0.2, 0.25) is 0 Å². The fraction of sp³-hybridized carbons (Fsp3) is 0.500. The van der Waals surface area contributed by atoms with Gasteiger partial charge in [-0.25, -0.2) is 0 Å². The van der Waals surface area contributed by atoms with Crippen molar-refractivity contribution >= 4 is 21.6 Å². The molecule has 16 heavy (non-hydrogen) atoms. The van der Waals surface area contributed by atoms with Crippen LogP contribution in [0.15, 0.2) is 24.3 Å². The molecule has 0 radical (unpaired) electrons. The number of halogens is 1. The predicted octanol–water partition coefficient (Wildman–Crippen LogP) is 1.91. The first-order valence-electron chi connectivity index (χ1n) is 5.62. The third-order valence-corrected chi connectivity index (χ3v) is 3.34. The molecule has 2 rings (SSSR count). The van der Waals surface area contributed by atoms with E-state index in [-0.39, 0.29) is 0 Å². The number of nitrogens with zero attached hydrogens (tertiary/aromatic N) is 2. The molecular formula is C12H17BrN2O. The Bertz CT molecular complexity index is 320. The molecule has 1 aromatic carbocycles. The van der Waals surface area contributed by atoms with Crippen molar-refractivity contribution in [3.8, 4) is 5.75 Å². The first-order chi connectivity index (χ1) is 7.79. The van der Waals surface area contributed by atoms with Crippen molar-refractivity contribution in [3.05, 3.63) is 24.3 Å². The number of phenols is 1. The Kier molecular flexibility index (Phi) is 4.07. The predicted molar refractivity (Wildman–Crippen MR) is 70.6 cm³/mol. The van der Waals surface area contributed by atoms with E-state index in [0.29, 0.717) is 5.75 Å². The van der Waals surface area contributed by atoms with E-state index >= 15 is 0 Å². The zero-order valence-corrected chi connectivity index (χ0v) is 10.9. The number of hydrogen-bond donors (Lipinski definition) is 1. The van der Waals surface area contributed by atoms with Crippen LogP contribution >= 0.6 is 15.9 Å². The Morgan fingerprint density at radius 1 is 1.06 bits per heavy atom. The summed E-state index contributed by atoms with van der Waals surface area (Å²) < 4.78 is 0. The van der Waals surface area contributed by atoms with Gasteiger partial charge < -0.3 is 10.0 Å². The van der Waals surface area contributed by atoms with E-state index in [1.54, 1.807) is 12.1 Å². The smallest absolute Gasteiger partial charge is 0.115 e. The zero-order chi connectivity index (χ0) is 11.4. The summed E-state index contributed by atoms with van der Waals surface area (Å²) >= 11 is 3.47. The molecule has 1 aromatic rings. The van der Waals surface area contributed by atoms with Crippen molar-refractivity contribution < 1.29 is 5.11 Å². The highest BCUT2D eigenvalue weighted by molar-refractivity contribution is 9.09. The van der Waals surface area contributed by atoms with Gasteiger partial charge in [-0.05, 0) is 24.3 Å². The minimum Gasteiger partial charge on any atom is -0.508 e. The lowest BCUT2D eigenvalue weighted by Gasteiger charge is -2.35. The number of alkyl halides is 1. The lowest BCUT2D eigenvalue weighted by molar-refractivity contribution is 0.274. The first-order valence-corrected chi connectivity index (χ1v) is 6.74. The Hall–Kier alpha value is -0.740. The van der Waals surface area contributed by atoms with Crippen LogP contribution in [0.5, 0.6) is 5.75 Å². The molecule has 0 aromatic heterocycles. The van der Waals surface area contributed by atoms with Crippen molar-refractivity contribution in [3.63, 3.8) is 0 Å². The van der Waals surface area contributed by atoms with Crippen LogP contribution in [0, 0.1) is 0 Å². The van der Waals surface area contributed by atoms with E-state index in [1.807, 2.05) is 12.1 Å². The van der Waals surface area contributed by atoms with E-state index in [0.717, 1.165) is 38.1 Å². The highest BCUT2D eigenvalue weighted by atomic mass is 79.9. The third kappa shape index (κ3) is 2.89. The van der Waals surface area contributed by atoms with Crippen molar-refractivity contribution in [1.82, 2.24) is 4.90 Å². The van der Waals surface area contributed by atoms with Gasteiger partial charge >= 0.3 is 0 Å². The Labute approximate surface area is 105 Å². The maximum absolute atomic E-state index is 9.24. The summed E-state index contributed by atoms with van der Waals surface area (Å²) in [5, 5.41) is 10.3.